The second-order valence-corrected chi connectivity index (χ2v) is 4.80. The topological polar surface area (TPSA) is 47.0 Å². The van der Waals surface area contributed by atoms with Crippen molar-refractivity contribution in [3.05, 3.63) is 12.3 Å². The van der Waals surface area contributed by atoms with Gasteiger partial charge in [-0.05, 0) is 32.6 Å². The van der Waals surface area contributed by atoms with Crippen LogP contribution in [0.1, 0.15) is 33.6 Å². The summed E-state index contributed by atoms with van der Waals surface area (Å²) < 4.78 is 5.52. The highest BCUT2D eigenvalue weighted by Crippen LogP contribution is 2.28. The number of rotatable bonds is 4. The smallest absolute Gasteiger partial charge is 0.226 e. The summed E-state index contributed by atoms with van der Waals surface area (Å²) in [6.45, 7) is 6.24. The van der Waals surface area contributed by atoms with E-state index in [2.05, 4.69) is 22.2 Å². The molecule has 1 aromatic rings. The Hall–Kier alpha value is -1.32. The minimum absolute atomic E-state index is 0.145. The molecule has 4 nitrogen and oxygen atoms in total. The molecule has 0 spiro atoms. The zero-order valence-corrected chi connectivity index (χ0v) is 10.1. The van der Waals surface area contributed by atoms with Crippen LogP contribution in [-0.4, -0.2) is 22.1 Å². The van der Waals surface area contributed by atoms with Crippen molar-refractivity contribution >= 4 is 5.95 Å². The van der Waals surface area contributed by atoms with E-state index in [9.17, 15) is 0 Å². The molecular weight excluding hydrogens is 202 g/mol. The van der Waals surface area contributed by atoms with Crippen molar-refractivity contribution < 1.29 is 4.74 Å². The standard InChI is InChI=1S/C12H19N3O/c1-8(2)16-11-4-5-13-12(15-11)14-10-6-9(3)7-10/h4-5,8-10H,6-7H2,1-3H3,(H,13,14,15). The fourth-order valence-corrected chi connectivity index (χ4v) is 1.92. The van der Waals surface area contributed by atoms with Crippen molar-refractivity contribution in [1.82, 2.24) is 9.97 Å². The van der Waals surface area contributed by atoms with Gasteiger partial charge in [0.2, 0.25) is 11.8 Å². The van der Waals surface area contributed by atoms with Gasteiger partial charge in [-0.25, -0.2) is 4.98 Å². The SMILES string of the molecule is CC1CC(Nc2nccc(OC(C)C)n2)C1. The van der Waals surface area contributed by atoms with Crippen LogP contribution >= 0.6 is 0 Å². The second-order valence-electron chi connectivity index (χ2n) is 4.80. The maximum Gasteiger partial charge on any atom is 0.226 e. The molecule has 16 heavy (non-hydrogen) atoms. The molecule has 1 fully saturated rings. The van der Waals surface area contributed by atoms with E-state index in [0.29, 0.717) is 17.9 Å². The summed E-state index contributed by atoms with van der Waals surface area (Å²) in [6, 6.07) is 2.32. The molecule has 4 heteroatoms. The molecule has 0 amide bonds. The molecule has 1 heterocycles. The summed E-state index contributed by atoms with van der Waals surface area (Å²) in [5.74, 6) is 2.14. The fourth-order valence-electron chi connectivity index (χ4n) is 1.92. The third-order valence-corrected chi connectivity index (χ3v) is 2.69. The Morgan fingerprint density at radius 2 is 2.19 bits per heavy atom. The minimum atomic E-state index is 0.145. The van der Waals surface area contributed by atoms with Gasteiger partial charge in [0.05, 0.1) is 6.10 Å². The van der Waals surface area contributed by atoms with E-state index in [4.69, 9.17) is 4.74 Å². The molecule has 88 valence electrons. The van der Waals surface area contributed by atoms with Crippen LogP contribution in [0.2, 0.25) is 0 Å². The Labute approximate surface area is 96.4 Å². The molecule has 2 rings (SSSR count). The van der Waals surface area contributed by atoms with Crippen molar-refractivity contribution in [1.29, 1.82) is 0 Å². The molecule has 0 bridgehead atoms. The molecule has 0 aromatic carbocycles. The van der Waals surface area contributed by atoms with Crippen molar-refractivity contribution in [3.63, 3.8) is 0 Å². The zero-order chi connectivity index (χ0) is 11.5. The van der Waals surface area contributed by atoms with Crippen molar-refractivity contribution in [2.45, 2.75) is 45.8 Å². The molecule has 1 N–H and O–H groups in total. The Morgan fingerprint density at radius 1 is 1.44 bits per heavy atom. The molecule has 1 aromatic heterocycles. The Kier molecular flexibility index (Phi) is 3.27. The second kappa shape index (κ2) is 4.68. The van der Waals surface area contributed by atoms with Gasteiger partial charge in [-0.3, -0.25) is 0 Å². The van der Waals surface area contributed by atoms with Crippen LogP contribution < -0.4 is 10.1 Å². The van der Waals surface area contributed by atoms with Gasteiger partial charge in [-0.2, -0.15) is 4.98 Å². The van der Waals surface area contributed by atoms with Crippen LogP contribution in [0.3, 0.4) is 0 Å². The number of aromatic nitrogens is 2. The zero-order valence-electron chi connectivity index (χ0n) is 10.1. The third kappa shape index (κ3) is 2.84. The molecule has 0 radical (unpaired) electrons. The van der Waals surface area contributed by atoms with Gasteiger partial charge in [0.25, 0.3) is 0 Å². The van der Waals surface area contributed by atoms with Gasteiger partial charge < -0.3 is 10.1 Å². The lowest BCUT2D eigenvalue weighted by Gasteiger charge is -2.33. The molecule has 0 unspecified atom stereocenters. The van der Waals surface area contributed by atoms with Crippen LogP contribution in [0, 0.1) is 5.92 Å². The molecule has 1 saturated carbocycles. The van der Waals surface area contributed by atoms with Crippen LogP contribution in [0.15, 0.2) is 12.3 Å². The van der Waals surface area contributed by atoms with Crippen LogP contribution in [-0.2, 0) is 0 Å². The number of ether oxygens (including phenoxy) is 1. The molecule has 1 aliphatic rings. The van der Waals surface area contributed by atoms with E-state index in [0.717, 1.165) is 5.92 Å². The fraction of sp³-hybridized carbons (Fsp3) is 0.667. The minimum Gasteiger partial charge on any atom is -0.475 e. The Morgan fingerprint density at radius 3 is 2.81 bits per heavy atom. The van der Waals surface area contributed by atoms with E-state index < -0.39 is 0 Å². The van der Waals surface area contributed by atoms with E-state index in [1.54, 1.807) is 12.3 Å². The van der Waals surface area contributed by atoms with Crippen molar-refractivity contribution in [3.8, 4) is 5.88 Å². The highest BCUT2D eigenvalue weighted by atomic mass is 16.5. The van der Waals surface area contributed by atoms with Gasteiger partial charge >= 0.3 is 0 Å². The molecular formula is C12H19N3O. The van der Waals surface area contributed by atoms with E-state index in [1.807, 2.05) is 13.8 Å². The van der Waals surface area contributed by atoms with Crippen LogP contribution in [0.4, 0.5) is 5.95 Å². The largest absolute Gasteiger partial charge is 0.475 e. The van der Waals surface area contributed by atoms with Crippen molar-refractivity contribution in [2.24, 2.45) is 5.92 Å². The van der Waals surface area contributed by atoms with Crippen molar-refractivity contribution in [2.75, 3.05) is 5.32 Å². The lowest BCUT2D eigenvalue weighted by Crippen LogP contribution is -2.34. The number of anilines is 1. The summed E-state index contributed by atoms with van der Waals surface area (Å²) in [5.41, 5.74) is 0. The summed E-state index contributed by atoms with van der Waals surface area (Å²) in [5, 5.41) is 3.32. The summed E-state index contributed by atoms with van der Waals surface area (Å²) in [6.07, 6.45) is 4.29. The summed E-state index contributed by atoms with van der Waals surface area (Å²) >= 11 is 0. The first-order chi connectivity index (χ1) is 7.63. The van der Waals surface area contributed by atoms with Gasteiger partial charge in [-0.15, -0.1) is 0 Å². The highest BCUT2D eigenvalue weighted by Gasteiger charge is 2.25. The third-order valence-electron chi connectivity index (χ3n) is 2.69. The maximum absolute atomic E-state index is 5.52. The first-order valence-corrected chi connectivity index (χ1v) is 5.89. The van der Waals surface area contributed by atoms with Gasteiger partial charge in [0, 0.05) is 18.3 Å². The van der Waals surface area contributed by atoms with E-state index in [1.165, 1.54) is 12.8 Å². The first-order valence-electron chi connectivity index (χ1n) is 5.89. The number of hydrogen-bond acceptors (Lipinski definition) is 4. The van der Waals surface area contributed by atoms with Gasteiger partial charge in [-0.1, -0.05) is 6.92 Å². The number of hydrogen-bond donors (Lipinski definition) is 1. The molecule has 1 aliphatic carbocycles. The first kappa shape index (κ1) is 11.2. The lowest BCUT2D eigenvalue weighted by molar-refractivity contribution is 0.232. The Balaban J connectivity index is 1.93. The predicted octanol–water partition coefficient (Wildman–Crippen LogP) is 2.47. The Bertz CT molecular complexity index is 348. The van der Waals surface area contributed by atoms with Gasteiger partial charge in [0.1, 0.15) is 0 Å². The monoisotopic (exact) mass is 221 g/mol. The normalized spacial score (nSPS) is 24.0. The average molecular weight is 221 g/mol. The lowest BCUT2D eigenvalue weighted by atomic mass is 9.82. The molecule has 0 atom stereocenters. The predicted molar refractivity (Wildman–Crippen MR) is 63.6 cm³/mol. The molecule has 0 aliphatic heterocycles. The number of nitrogens with zero attached hydrogens (tertiary/aromatic N) is 2. The van der Waals surface area contributed by atoms with Crippen LogP contribution in [0.5, 0.6) is 5.88 Å². The van der Waals surface area contributed by atoms with E-state index in [-0.39, 0.29) is 6.10 Å². The van der Waals surface area contributed by atoms with Gasteiger partial charge in [0.15, 0.2) is 0 Å². The quantitative estimate of drug-likeness (QED) is 0.848. The van der Waals surface area contributed by atoms with Crippen LogP contribution in [0.25, 0.3) is 0 Å². The average Bonchev–Trinajstić information content (AvgIpc) is 2.15. The summed E-state index contributed by atoms with van der Waals surface area (Å²) in [4.78, 5) is 8.51. The maximum atomic E-state index is 5.52. The van der Waals surface area contributed by atoms with E-state index >= 15 is 0 Å². The summed E-state index contributed by atoms with van der Waals surface area (Å²) in [7, 11) is 0. The molecule has 0 saturated heterocycles. The number of nitrogens with one attached hydrogen (secondary N) is 1. The highest BCUT2D eigenvalue weighted by molar-refractivity contribution is 5.29.